The summed E-state index contributed by atoms with van der Waals surface area (Å²) in [4.78, 5) is 22.5. The largest absolute Gasteiger partial charge is 0.507 e. The molecule has 0 unspecified atom stereocenters. The fourth-order valence-corrected chi connectivity index (χ4v) is 5.94. The Bertz CT molecular complexity index is 1860. The molecule has 0 aliphatic rings. The Balaban J connectivity index is 2.23. The van der Waals surface area contributed by atoms with Crippen LogP contribution < -0.4 is 22.3 Å². The van der Waals surface area contributed by atoms with Crippen LogP contribution in [-0.2, 0) is 0 Å². The van der Waals surface area contributed by atoms with Gasteiger partial charge in [-0.05, 0) is 47.6 Å². The van der Waals surface area contributed by atoms with Crippen LogP contribution in [0.3, 0.4) is 0 Å². The van der Waals surface area contributed by atoms with Crippen LogP contribution in [0.15, 0.2) is 22.3 Å². The normalized spacial score (nSPS) is 11.9. The van der Waals surface area contributed by atoms with Crippen molar-refractivity contribution in [2.24, 2.45) is 21.7 Å². The summed E-state index contributed by atoms with van der Waals surface area (Å²) in [5.74, 6) is -3.54. The number of carbonyl (C=O) groups is 2. The van der Waals surface area contributed by atoms with Gasteiger partial charge in [0.25, 0.3) is 0 Å². The quantitative estimate of drug-likeness (QED) is 0.0769. The number of phenols is 6. The summed E-state index contributed by atoms with van der Waals surface area (Å²) in [6, 6.07) is 1.38. The van der Waals surface area contributed by atoms with E-state index < -0.39 is 46.6 Å². The molecule has 0 aromatic heterocycles. The molecule has 0 bridgehead atoms. The van der Waals surface area contributed by atoms with Gasteiger partial charge in [-0.15, -0.1) is 0 Å². The molecular formula is C32H36N6O8. The molecule has 0 aliphatic carbocycles. The molecule has 4 aromatic carbocycles. The highest BCUT2D eigenvalue weighted by molar-refractivity contribution is 6.15. The fraction of sp³-hybridized carbons (Fsp3) is 0.250. The molecule has 242 valence electrons. The van der Waals surface area contributed by atoms with Gasteiger partial charge in [-0.3, -0.25) is 0 Å². The van der Waals surface area contributed by atoms with Gasteiger partial charge in [0.15, 0.2) is 23.0 Å². The van der Waals surface area contributed by atoms with Crippen LogP contribution in [0.5, 0.6) is 34.5 Å². The summed E-state index contributed by atoms with van der Waals surface area (Å²) in [5, 5.41) is 76.2. The third-order valence-corrected chi connectivity index (χ3v) is 7.73. The average Bonchev–Trinajstić information content (AvgIpc) is 2.94. The maximum atomic E-state index is 12.0. The zero-order valence-electron chi connectivity index (χ0n) is 26.0. The van der Waals surface area contributed by atoms with Crippen molar-refractivity contribution in [3.63, 3.8) is 0 Å². The minimum absolute atomic E-state index is 0.0531. The van der Waals surface area contributed by atoms with E-state index in [-0.39, 0.29) is 44.9 Å². The first-order valence-corrected chi connectivity index (χ1v) is 14.2. The van der Waals surface area contributed by atoms with Gasteiger partial charge >= 0.3 is 12.1 Å². The Kier molecular flexibility index (Phi) is 8.77. The predicted octanol–water partition coefficient (Wildman–Crippen LogP) is 4.76. The van der Waals surface area contributed by atoms with Crippen molar-refractivity contribution in [1.29, 1.82) is 0 Å². The number of urea groups is 2. The number of amides is 4. The molecule has 0 aliphatic heterocycles. The molecule has 46 heavy (non-hydrogen) atoms. The Morgan fingerprint density at radius 3 is 1.24 bits per heavy atom. The lowest BCUT2D eigenvalue weighted by molar-refractivity contribution is 0.248. The highest BCUT2D eigenvalue weighted by atomic mass is 16.3. The van der Waals surface area contributed by atoms with Gasteiger partial charge in [-0.2, -0.15) is 10.2 Å². The summed E-state index contributed by atoms with van der Waals surface area (Å²) in [6.45, 7) is 10.5. The van der Waals surface area contributed by atoms with Crippen LogP contribution in [0.2, 0.25) is 0 Å². The number of nitrogens with one attached hydrogen (secondary N) is 2. The van der Waals surface area contributed by atoms with Crippen molar-refractivity contribution in [2.45, 2.75) is 53.4 Å². The molecule has 4 aromatic rings. The second-order valence-corrected chi connectivity index (χ2v) is 11.5. The predicted molar refractivity (Wildman–Crippen MR) is 175 cm³/mol. The van der Waals surface area contributed by atoms with Gasteiger partial charge < -0.3 is 42.1 Å². The minimum atomic E-state index is -0.985. The Labute approximate surface area is 263 Å². The number of hydrogen-bond donors (Lipinski definition) is 10. The van der Waals surface area contributed by atoms with Gasteiger partial charge in [0.2, 0.25) is 0 Å². The summed E-state index contributed by atoms with van der Waals surface area (Å²) in [7, 11) is 0. The van der Waals surface area contributed by atoms with Crippen molar-refractivity contribution in [3.05, 3.63) is 45.5 Å². The number of carbonyl (C=O) groups excluding carboxylic acids is 2. The smallest absolute Gasteiger partial charge is 0.332 e. The first-order valence-electron chi connectivity index (χ1n) is 14.2. The van der Waals surface area contributed by atoms with Crippen molar-refractivity contribution < 1.29 is 40.2 Å². The van der Waals surface area contributed by atoms with Crippen LogP contribution >= 0.6 is 0 Å². The van der Waals surface area contributed by atoms with Crippen LogP contribution in [0.1, 0.15) is 72.9 Å². The highest BCUT2D eigenvalue weighted by Crippen LogP contribution is 2.54. The molecule has 0 spiro atoms. The summed E-state index contributed by atoms with van der Waals surface area (Å²) in [6.07, 6.45) is 2.04. The number of hydrazone groups is 2. The maximum Gasteiger partial charge on any atom is 0.332 e. The van der Waals surface area contributed by atoms with E-state index in [1.807, 2.05) is 10.9 Å². The van der Waals surface area contributed by atoms with E-state index in [1.165, 1.54) is 0 Å². The van der Waals surface area contributed by atoms with Crippen molar-refractivity contribution >= 4 is 46.0 Å². The van der Waals surface area contributed by atoms with Gasteiger partial charge in [0.05, 0.1) is 23.6 Å². The molecule has 0 atom stereocenters. The molecule has 0 radical (unpaired) electrons. The topological polar surface area (TPSA) is 256 Å². The lowest BCUT2D eigenvalue weighted by Gasteiger charge is -2.23. The molecule has 0 saturated heterocycles. The number of rotatable bonds is 7. The number of nitrogens with two attached hydrogens (primary N) is 2. The number of primary amides is 2. The van der Waals surface area contributed by atoms with E-state index in [0.717, 1.165) is 12.4 Å². The highest BCUT2D eigenvalue weighted by Gasteiger charge is 2.29. The fourth-order valence-electron chi connectivity index (χ4n) is 5.94. The van der Waals surface area contributed by atoms with E-state index in [1.54, 1.807) is 53.7 Å². The molecular weight excluding hydrogens is 596 g/mol. The zero-order chi connectivity index (χ0) is 34.4. The summed E-state index contributed by atoms with van der Waals surface area (Å²) < 4.78 is 0. The van der Waals surface area contributed by atoms with Crippen molar-refractivity contribution in [1.82, 2.24) is 10.9 Å². The van der Waals surface area contributed by atoms with Crippen LogP contribution in [0, 0.1) is 13.8 Å². The molecule has 0 heterocycles. The van der Waals surface area contributed by atoms with Gasteiger partial charge in [-0.25, -0.2) is 20.4 Å². The second-order valence-electron chi connectivity index (χ2n) is 11.5. The van der Waals surface area contributed by atoms with E-state index in [4.69, 9.17) is 11.5 Å². The number of hydrogen-bond acceptors (Lipinski definition) is 10. The Morgan fingerprint density at radius 2 is 0.957 bits per heavy atom. The number of benzene rings is 4. The van der Waals surface area contributed by atoms with E-state index in [9.17, 15) is 40.2 Å². The third-order valence-electron chi connectivity index (χ3n) is 7.73. The zero-order valence-corrected chi connectivity index (χ0v) is 26.0. The number of fused-ring (bicyclic) bond motifs is 2. The third kappa shape index (κ3) is 5.44. The van der Waals surface area contributed by atoms with Crippen molar-refractivity contribution in [2.75, 3.05) is 0 Å². The molecule has 4 rings (SSSR count). The van der Waals surface area contributed by atoms with Crippen LogP contribution in [0.4, 0.5) is 9.59 Å². The lowest BCUT2D eigenvalue weighted by atomic mass is 9.83. The first kappa shape index (κ1) is 33.0. The Morgan fingerprint density at radius 1 is 0.630 bits per heavy atom. The molecule has 0 saturated carbocycles. The number of aryl methyl sites for hydroxylation is 2. The van der Waals surface area contributed by atoms with Crippen LogP contribution in [0.25, 0.3) is 32.7 Å². The average molecular weight is 633 g/mol. The Hall–Kier alpha value is -5.92. The van der Waals surface area contributed by atoms with Gasteiger partial charge in [0, 0.05) is 33.0 Å². The SMILES string of the molecule is Cc1cc2c(C(C)C)c(O)c(O)c(/C=N\NC(N)=O)c2c(O)c1-c1c(C)cc2c(C(C)C)c(O)c(O)c(/C=N\NC(N)=O)c2c1O. The number of phenolic OH excluding ortho intramolecular Hbond substituents is 6. The summed E-state index contributed by atoms with van der Waals surface area (Å²) in [5.41, 5.74) is 15.8. The van der Waals surface area contributed by atoms with Crippen molar-refractivity contribution in [3.8, 4) is 45.6 Å². The first-order chi connectivity index (χ1) is 21.5. The molecule has 14 heteroatoms. The second kappa shape index (κ2) is 12.2. The maximum absolute atomic E-state index is 12.0. The monoisotopic (exact) mass is 632 g/mol. The van der Waals surface area contributed by atoms with Gasteiger partial charge in [-0.1, -0.05) is 39.8 Å². The minimum Gasteiger partial charge on any atom is -0.507 e. The van der Waals surface area contributed by atoms with E-state index >= 15 is 0 Å². The lowest BCUT2D eigenvalue weighted by Crippen LogP contribution is -2.24. The molecule has 0 fully saturated rings. The number of nitrogens with zero attached hydrogens (tertiary/aromatic N) is 2. The summed E-state index contributed by atoms with van der Waals surface area (Å²) >= 11 is 0. The molecule has 12 N–H and O–H groups in total. The van der Waals surface area contributed by atoms with E-state index in [2.05, 4.69) is 10.2 Å². The van der Waals surface area contributed by atoms with Gasteiger partial charge in [0.1, 0.15) is 11.5 Å². The molecule has 14 nitrogen and oxygen atoms in total. The van der Waals surface area contributed by atoms with Crippen LogP contribution in [-0.4, -0.2) is 55.1 Å². The number of aromatic hydroxyl groups is 6. The standard InChI is InChI=1S/C32H36N6O8/c1-11(2)19-15-7-13(5)21(27(41)23(15)17(25(39)29(19)43)9-35-37-31(33)45)22-14(6)8-16-20(12(3)4)30(44)26(40)18(24(16)28(22)42)10-36-38-32(34)46/h7-12,39-44H,1-6H3,(H3,33,37,45)(H3,34,38,46)/b35-9-,36-10-. The molecule has 4 amide bonds. The van der Waals surface area contributed by atoms with E-state index in [0.29, 0.717) is 33.0 Å².